The standard InChI is InChI=1S/C20H12ClFN4O2/c21-15-5-3-6-16(22)14(15)10-28-17-7-2-1-4-11(17)18-12(8-23)19(25)26-20(27)13(18)9-24/h1-7H,10H2,(H3,25,26,27). The minimum atomic E-state index is -0.721. The highest BCUT2D eigenvalue weighted by Gasteiger charge is 2.21. The third-order valence-electron chi connectivity index (χ3n) is 4.06. The average Bonchev–Trinajstić information content (AvgIpc) is 2.67. The zero-order valence-corrected chi connectivity index (χ0v) is 15.0. The summed E-state index contributed by atoms with van der Waals surface area (Å²) in [6, 6.07) is 14.4. The van der Waals surface area contributed by atoms with Crippen LogP contribution in [0.25, 0.3) is 11.1 Å². The highest BCUT2D eigenvalue weighted by atomic mass is 35.5. The van der Waals surface area contributed by atoms with Crippen LogP contribution in [0.3, 0.4) is 0 Å². The summed E-state index contributed by atoms with van der Waals surface area (Å²) in [5.41, 5.74) is 5.22. The monoisotopic (exact) mass is 394 g/mol. The first kappa shape index (κ1) is 19.0. The van der Waals surface area contributed by atoms with Crippen LogP contribution in [0.15, 0.2) is 47.3 Å². The molecule has 2 aromatic carbocycles. The minimum absolute atomic E-state index is 0.0569. The van der Waals surface area contributed by atoms with Gasteiger partial charge in [0.25, 0.3) is 5.56 Å². The normalized spacial score (nSPS) is 10.1. The highest BCUT2D eigenvalue weighted by Crippen LogP contribution is 2.35. The largest absolute Gasteiger partial charge is 0.488 e. The van der Waals surface area contributed by atoms with Gasteiger partial charge in [0.15, 0.2) is 0 Å². The van der Waals surface area contributed by atoms with Crippen molar-refractivity contribution in [3.8, 4) is 29.0 Å². The number of pyridine rings is 1. The Morgan fingerprint density at radius 1 is 1.11 bits per heavy atom. The maximum atomic E-state index is 14.0. The molecule has 0 aliphatic heterocycles. The molecule has 0 saturated heterocycles. The summed E-state index contributed by atoms with van der Waals surface area (Å²) in [6.07, 6.45) is 0. The molecule has 0 fully saturated rings. The number of nitrogen functional groups attached to an aromatic ring is 1. The number of hydrogen-bond acceptors (Lipinski definition) is 5. The van der Waals surface area contributed by atoms with Crippen molar-refractivity contribution in [2.75, 3.05) is 5.73 Å². The molecule has 0 amide bonds. The maximum absolute atomic E-state index is 14.0. The van der Waals surface area contributed by atoms with Crippen molar-refractivity contribution in [1.82, 2.24) is 4.98 Å². The molecule has 0 atom stereocenters. The molecule has 8 heteroatoms. The lowest BCUT2D eigenvalue weighted by Gasteiger charge is -2.15. The fourth-order valence-electron chi connectivity index (χ4n) is 2.73. The van der Waals surface area contributed by atoms with E-state index in [1.54, 1.807) is 30.3 Å². The fourth-order valence-corrected chi connectivity index (χ4v) is 2.95. The van der Waals surface area contributed by atoms with Crippen molar-refractivity contribution in [2.24, 2.45) is 0 Å². The number of rotatable bonds is 4. The van der Waals surface area contributed by atoms with Crippen LogP contribution < -0.4 is 16.0 Å². The van der Waals surface area contributed by atoms with Gasteiger partial charge in [0.1, 0.15) is 47.3 Å². The number of para-hydroxylation sites is 1. The molecule has 0 bridgehead atoms. The Morgan fingerprint density at radius 2 is 1.82 bits per heavy atom. The summed E-state index contributed by atoms with van der Waals surface area (Å²) in [5.74, 6) is -0.450. The van der Waals surface area contributed by atoms with Crippen molar-refractivity contribution in [2.45, 2.75) is 6.61 Å². The van der Waals surface area contributed by atoms with E-state index >= 15 is 0 Å². The number of anilines is 1. The molecule has 1 aromatic heterocycles. The molecule has 0 unspecified atom stereocenters. The van der Waals surface area contributed by atoms with E-state index in [0.29, 0.717) is 5.56 Å². The van der Waals surface area contributed by atoms with Gasteiger partial charge in [-0.3, -0.25) is 4.79 Å². The predicted octanol–water partition coefficient (Wildman–Crippen LogP) is 3.74. The van der Waals surface area contributed by atoms with Crippen LogP contribution >= 0.6 is 11.6 Å². The van der Waals surface area contributed by atoms with Gasteiger partial charge in [0, 0.05) is 16.7 Å². The number of aromatic nitrogens is 1. The molecule has 138 valence electrons. The van der Waals surface area contributed by atoms with Gasteiger partial charge >= 0.3 is 0 Å². The summed E-state index contributed by atoms with van der Waals surface area (Å²) < 4.78 is 19.7. The van der Waals surface area contributed by atoms with Gasteiger partial charge in [-0.2, -0.15) is 10.5 Å². The van der Waals surface area contributed by atoms with Crippen LogP contribution in [0.1, 0.15) is 16.7 Å². The molecule has 28 heavy (non-hydrogen) atoms. The third kappa shape index (κ3) is 3.39. The minimum Gasteiger partial charge on any atom is -0.488 e. The smallest absolute Gasteiger partial charge is 0.268 e. The Hall–Kier alpha value is -3.81. The number of nitriles is 2. The summed E-state index contributed by atoms with van der Waals surface area (Å²) in [5, 5.41) is 19.1. The van der Waals surface area contributed by atoms with Gasteiger partial charge in [-0.1, -0.05) is 35.9 Å². The number of nitrogens with zero attached hydrogens (tertiary/aromatic N) is 2. The van der Waals surface area contributed by atoms with Crippen molar-refractivity contribution in [3.63, 3.8) is 0 Å². The first-order chi connectivity index (χ1) is 13.5. The molecule has 3 rings (SSSR count). The van der Waals surface area contributed by atoms with Crippen molar-refractivity contribution < 1.29 is 9.13 Å². The van der Waals surface area contributed by atoms with Gasteiger partial charge in [-0.05, 0) is 18.2 Å². The van der Waals surface area contributed by atoms with E-state index < -0.39 is 11.4 Å². The topological polar surface area (TPSA) is 116 Å². The summed E-state index contributed by atoms with van der Waals surface area (Å²) in [4.78, 5) is 14.4. The molecule has 0 aliphatic rings. The Morgan fingerprint density at radius 3 is 2.50 bits per heavy atom. The molecule has 0 radical (unpaired) electrons. The van der Waals surface area contributed by atoms with Crippen LogP contribution in [-0.4, -0.2) is 4.98 Å². The number of benzene rings is 2. The molecule has 3 N–H and O–H groups in total. The number of H-pyrrole nitrogens is 1. The van der Waals surface area contributed by atoms with Gasteiger partial charge < -0.3 is 15.5 Å². The average molecular weight is 395 g/mol. The lowest BCUT2D eigenvalue weighted by atomic mass is 9.96. The molecular formula is C20H12ClFN4O2. The van der Waals surface area contributed by atoms with Crippen molar-refractivity contribution in [3.05, 3.63) is 80.3 Å². The van der Waals surface area contributed by atoms with E-state index in [1.807, 2.05) is 6.07 Å². The first-order valence-corrected chi connectivity index (χ1v) is 8.36. The number of nitrogens with one attached hydrogen (secondary N) is 1. The van der Waals surface area contributed by atoms with Gasteiger partial charge in [0.2, 0.25) is 0 Å². The molecule has 1 heterocycles. The van der Waals surface area contributed by atoms with Crippen LogP contribution in [0.2, 0.25) is 5.02 Å². The van der Waals surface area contributed by atoms with E-state index in [9.17, 15) is 19.7 Å². The van der Waals surface area contributed by atoms with Gasteiger partial charge in [-0.15, -0.1) is 0 Å². The fraction of sp³-hybridized carbons (Fsp3) is 0.0500. The van der Waals surface area contributed by atoms with Crippen LogP contribution in [0.4, 0.5) is 10.2 Å². The van der Waals surface area contributed by atoms with E-state index in [4.69, 9.17) is 22.1 Å². The summed E-state index contributed by atoms with van der Waals surface area (Å²) >= 11 is 6.02. The van der Waals surface area contributed by atoms with Crippen LogP contribution in [0.5, 0.6) is 5.75 Å². The van der Waals surface area contributed by atoms with Gasteiger partial charge in [0.05, 0.1) is 5.02 Å². The quantitative estimate of drug-likeness (QED) is 0.699. The van der Waals surface area contributed by atoms with Crippen LogP contribution in [0, 0.1) is 28.5 Å². The number of nitrogens with two attached hydrogens (primary N) is 1. The molecule has 3 aromatic rings. The number of ether oxygens (including phenoxy) is 1. The molecule has 0 aliphatic carbocycles. The maximum Gasteiger partial charge on any atom is 0.268 e. The van der Waals surface area contributed by atoms with Crippen LogP contribution in [-0.2, 0) is 6.61 Å². The van der Waals surface area contributed by atoms with Gasteiger partial charge in [-0.25, -0.2) is 4.39 Å². The molecular weight excluding hydrogens is 383 g/mol. The summed E-state index contributed by atoms with van der Waals surface area (Å²) in [6.45, 7) is -0.190. The second kappa shape index (κ2) is 7.83. The lowest BCUT2D eigenvalue weighted by Crippen LogP contribution is -2.16. The van der Waals surface area contributed by atoms with Crippen molar-refractivity contribution >= 4 is 17.4 Å². The Labute approximate surface area is 164 Å². The predicted molar refractivity (Wildman–Crippen MR) is 102 cm³/mol. The molecule has 6 nitrogen and oxygen atoms in total. The van der Waals surface area contributed by atoms with E-state index in [-0.39, 0.29) is 45.5 Å². The number of aromatic amines is 1. The molecule has 0 spiro atoms. The zero-order chi connectivity index (χ0) is 20.3. The van der Waals surface area contributed by atoms with E-state index in [1.165, 1.54) is 18.2 Å². The number of halogens is 2. The second-order valence-corrected chi connectivity index (χ2v) is 6.11. The lowest BCUT2D eigenvalue weighted by molar-refractivity contribution is 0.301. The Kier molecular flexibility index (Phi) is 5.30. The van der Waals surface area contributed by atoms with Crippen molar-refractivity contribution in [1.29, 1.82) is 10.5 Å². The Bertz CT molecular complexity index is 1190. The summed E-state index contributed by atoms with van der Waals surface area (Å²) in [7, 11) is 0. The Balaban J connectivity index is 2.14. The van der Waals surface area contributed by atoms with E-state index in [2.05, 4.69) is 4.98 Å². The highest BCUT2D eigenvalue weighted by molar-refractivity contribution is 6.31. The SMILES string of the molecule is N#Cc1c(N)[nH]c(=O)c(C#N)c1-c1ccccc1OCc1c(F)cccc1Cl. The zero-order valence-electron chi connectivity index (χ0n) is 14.3. The number of hydrogen-bond donors (Lipinski definition) is 2. The first-order valence-electron chi connectivity index (χ1n) is 7.99. The third-order valence-corrected chi connectivity index (χ3v) is 4.41. The van der Waals surface area contributed by atoms with E-state index in [0.717, 1.165) is 0 Å². The molecule has 0 saturated carbocycles. The second-order valence-electron chi connectivity index (χ2n) is 5.70.